The van der Waals surface area contributed by atoms with Crippen LogP contribution in [0.4, 0.5) is 23.4 Å². The zero-order valence-corrected chi connectivity index (χ0v) is 14.6. The standard InChI is InChI=1S/C18H15F4N5O/c1-9(10-7-23-27(8-10)13-3-11(19)2-12(20)4-13)17(28)24-16-5-15(25-26-16)14-6-18(14,21)22/h2-5,7-9,14H,6H2,1H3,(H2,24,25,26,28)/t9-,14+/m1/s1. The number of carbonyl (C=O) groups excluding carboxylic acids is 1. The minimum absolute atomic E-state index is 0.180. The molecular formula is C18H15F4N5O. The minimum Gasteiger partial charge on any atom is -0.311 e. The maximum absolute atomic E-state index is 13.4. The van der Waals surface area contributed by atoms with Crippen LogP contribution in [0.3, 0.4) is 0 Å². The van der Waals surface area contributed by atoms with Crippen molar-refractivity contribution in [2.45, 2.75) is 31.1 Å². The number of aromatic nitrogens is 4. The highest BCUT2D eigenvalue weighted by molar-refractivity contribution is 5.94. The predicted molar refractivity (Wildman–Crippen MR) is 91.4 cm³/mol. The van der Waals surface area contributed by atoms with Crippen LogP contribution in [-0.4, -0.2) is 31.8 Å². The fourth-order valence-corrected chi connectivity index (χ4v) is 2.88. The van der Waals surface area contributed by atoms with Gasteiger partial charge in [-0.2, -0.15) is 10.2 Å². The summed E-state index contributed by atoms with van der Waals surface area (Å²) in [4.78, 5) is 12.4. The van der Waals surface area contributed by atoms with Crippen LogP contribution < -0.4 is 5.32 Å². The number of hydrogen-bond donors (Lipinski definition) is 2. The smallest absolute Gasteiger partial charge is 0.257 e. The fraction of sp³-hybridized carbons (Fsp3) is 0.278. The van der Waals surface area contributed by atoms with Gasteiger partial charge in [0, 0.05) is 30.3 Å². The Kier molecular flexibility index (Phi) is 4.20. The third-order valence-electron chi connectivity index (χ3n) is 4.65. The van der Waals surface area contributed by atoms with Crippen LogP contribution in [0.5, 0.6) is 0 Å². The molecule has 1 fully saturated rings. The maximum Gasteiger partial charge on any atom is 0.257 e. The molecule has 2 N–H and O–H groups in total. The number of nitrogens with one attached hydrogen (secondary N) is 2. The van der Waals surface area contributed by atoms with Gasteiger partial charge in [0.25, 0.3) is 5.92 Å². The van der Waals surface area contributed by atoms with Crippen LogP contribution in [0.1, 0.15) is 36.4 Å². The first-order valence-electron chi connectivity index (χ1n) is 8.48. The Bertz CT molecular complexity index is 1020. The van der Waals surface area contributed by atoms with Gasteiger partial charge in [-0.05, 0) is 19.1 Å². The molecule has 1 aliphatic rings. The van der Waals surface area contributed by atoms with E-state index in [-0.39, 0.29) is 23.6 Å². The van der Waals surface area contributed by atoms with Gasteiger partial charge in [0.05, 0.1) is 29.4 Å². The van der Waals surface area contributed by atoms with Gasteiger partial charge in [0.15, 0.2) is 0 Å². The van der Waals surface area contributed by atoms with Gasteiger partial charge in [-0.25, -0.2) is 22.2 Å². The van der Waals surface area contributed by atoms with Gasteiger partial charge in [0.1, 0.15) is 17.5 Å². The normalized spacial score (nSPS) is 18.7. The number of rotatable bonds is 5. The lowest BCUT2D eigenvalue weighted by Crippen LogP contribution is -2.18. The molecule has 4 rings (SSSR count). The zero-order chi connectivity index (χ0) is 20.1. The Morgan fingerprint density at radius 3 is 2.61 bits per heavy atom. The number of hydrogen-bond acceptors (Lipinski definition) is 3. The molecular weight excluding hydrogens is 378 g/mol. The summed E-state index contributed by atoms with van der Waals surface area (Å²) in [5.41, 5.74) is 0.893. The summed E-state index contributed by atoms with van der Waals surface area (Å²) in [5.74, 6) is -5.99. The lowest BCUT2D eigenvalue weighted by molar-refractivity contribution is -0.117. The summed E-state index contributed by atoms with van der Waals surface area (Å²) < 4.78 is 54.2. The van der Waals surface area contributed by atoms with Crippen molar-refractivity contribution in [3.05, 3.63) is 59.6 Å². The molecule has 0 unspecified atom stereocenters. The summed E-state index contributed by atoms with van der Waals surface area (Å²) >= 11 is 0. The second-order valence-corrected chi connectivity index (χ2v) is 6.78. The van der Waals surface area contributed by atoms with Crippen LogP contribution in [-0.2, 0) is 4.79 Å². The number of amides is 1. The summed E-state index contributed by atoms with van der Waals surface area (Å²) in [6, 6.07) is 4.37. The molecule has 1 saturated carbocycles. The molecule has 0 aliphatic heterocycles. The number of H-pyrrole nitrogens is 1. The average molecular weight is 393 g/mol. The molecule has 1 amide bonds. The van der Waals surface area contributed by atoms with E-state index in [1.165, 1.54) is 23.1 Å². The van der Waals surface area contributed by atoms with Gasteiger partial charge in [-0.1, -0.05) is 0 Å². The van der Waals surface area contributed by atoms with Crippen molar-refractivity contribution in [1.82, 2.24) is 20.0 Å². The molecule has 3 aromatic rings. The SMILES string of the molecule is C[C@@H](C(=O)Nc1cc([C@@H]2CC2(F)F)n[nH]1)c1cnn(-c2cc(F)cc(F)c2)c1. The molecule has 0 saturated heterocycles. The van der Waals surface area contributed by atoms with Gasteiger partial charge < -0.3 is 5.32 Å². The summed E-state index contributed by atoms with van der Waals surface area (Å²) in [5, 5.41) is 12.9. The lowest BCUT2D eigenvalue weighted by atomic mass is 10.0. The maximum atomic E-state index is 13.4. The largest absolute Gasteiger partial charge is 0.311 e. The van der Waals surface area contributed by atoms with E-state index in [9.17, 15) is 22.4 Å². The van der Waals surface area contributed by atoms with Crippen LogP contribution in [0, 0.1) is 11.6 Å². The van der Waals surface area contributed by atoms with Crippen molar-refractivity contribution in [2.75, 3.05) is 5.32 Å². The Labute approximate surface area is 156 Å². The number of nitrogens with zero attached hydrogens (tertiary/aromatic N) is 3. The molecule has 1 aliphatic carbocycles. The first-order valence-corrected chi connectivity index (χ1v) is 8.48. The molecule has 1 aromatic carbocycles. The molecule has 10 heteroatoms. The predicted octanol–water partition coefficient (Wildman–Crippen LogP) is 3.74. The van der Waals surface area contributed by atoms with E-state index >= 15 is 0 Å². The molecule has 0 radical (unpaired) electrons. The number of aromatic amines is 1. The van der Waals surface area contributed by atoms with Crippen molar-refractivity contribution < 1.29 is 22.4 Å². The van der Waals surface area contributed by atoms with Crippen LogP contribution in [0.25, 0.3) is 5.69 Å². The zero-order valence-electron chi connectivity index (χ0n) is 14.6. The number of alkyl halides is 2. The van der Waals surface area contributed by atoms with E-state index in [1.54, 1.807) is 6.92 Å². The molecule has 28 heavy (non-hydrogen) atoms. The number of anilines is 1. The molecule has 146 valence electrons. The lowest BCUT2D eigenvalue weighted by Gasteiger charge is -2.08. The summed E-state index contributed by atoms with van der Waals surface area (Å²) in [7, 11) is 0. The van der Waals surface area contributed by atoms with Gasteiger partial charge >= 0.3 is 0 Å². The van der Waals surface area contributed by atoms with Crippen molar-refractivity contribution in [3.8, 4) is 5.69 Å². The van der Waals surface area contributed by atoms with E-state index in [0.717, 1.165) is 18.2 Å². The quantitative estimate of drug-likeness (QED) is 0.649. The van der Waals surface area contributed by atoms with Gasteiger partial charge in [0.2, 0.25) is 5.91 Å². The minimum atomic E-state index is -2.74. The Morgan fingerprint density at radius 1 is 1.29 bits per heavy atom. The fourth-order valence-electron chi connectivity index (χ4n) is 2.88. The summed E-state index contributed by atoms with van der Waals surface area (Å²) in [6.07, 6.45) is 2.65. The Hall–Kier alpha value is -3.17. The third kappa shape index (κ3) is 3.49. The second-order valence-electron chi connectivity index (χ2n) is 6.78. The highest BCUT2D eigenvalue weighted by atomic mass is 19.3. The first-order chi connectivity index (χ1) is 13.2. The van der Waals surface area contributed by atoms with Crippen LogP contribution in [0.15, 0.2) is 36.7 Å². The Balaban J connectivity index is 1.45. The van der Waals surface area contributed by atoms with E-state index in [1.807, 2.05) is 0 Å². The number of benzene rings is 1. The monoisotopic (exact) mass is 393 g/mol. The van der Waals surface area contributed by atoms with E-state index in [4.69, 9.17) is 0 Å². The Morgan fingerprint density at radius 2 is 1.96 bits per heavy atom. The van der Waals surface area contributed by atoms with E-state index in [0.29, 0.717) is 5.56 Å². The molecule has 6 nitrogen and oxygen atoms in total. The molecule has 0 bridgehead atoms. The number of halogens is 4. The topological polar surface area (TPSA) is 75.6 Å². The van der Waals surface area contributed by atoms with E-state index in [2.05, 4.69) is 20.6 Å². The van der Waals surface area contributed by atoms with Crippen LogP contribution >= 0.6 is 0 Å². The average Bonchev–Trinajstić information content (AvgIpc) is 3.01. The highest BCUT2D eigenvalue weighted by Gasteiger charge is 2.58. The van der Waals surface area contributed by atoms with Gasteiger partial charge in [-0.15, -0.1) is 0 Å². The summed E-state index contributed by atoms with van der Waals surface area (Å²) in [6.45, 7) is 1.62. The van der Waals surface area contributed by atoms with Crippen molar-refractivity contribution in [1.29, 1.82) is 0 Å². The van der Waals surface area contributed by atoms with Crippen molar-refractivity contribution in [2.24, 2.45) is 0 Å². The van der Waals surface area contributed by atoms with Crippen molar-refractivity contribution >= 4 is 11.7 Å². The molecule has 2 atom stereocenters. The third-order valence-corrected chi connectivity index (χ3v) is 4.65. The molecule has 2 heterocycles. The second kappa shape index (κ2) is 6.47. The molecule has 0 spiro atoms. The highest BCUT2D eigenvalue weighted by Crippen LogP contribution is 2.55. The van der Waals surface area contributed by atoms with E-state index < -0.39 is 35.3 Å². The van der Waals surface area contributed by atoms with Gasteiger partial charge in [-0.3, -0.25) is 9.89 Å². The number of carbonyl (C=O) groups is 1. The first kappa shape index (κ1) is 18.2. The van der Waals surface area contributed by atoms with Crippen molar-refractivity contribution in [3.63, 3.8) is 0 Å². The van der Waals surface area contributed by atoms with Crippen LogP contribution in [0.2, 0.25) is 0 Å². The molecule has 2 aromatic heterocycles.